The van der Waals surface area contributed by atoms with Crippen molar-refractivity contribution in [2.45, 2.75) is 45.1 Å². The molecular weight excluding hydrogens is 332 g/mol. The quantitative estimate of drug-likeness (QED) is 0.593. The van der Waals surface area contributed by atoms with Gasteiger partial charge in [-0.2, -0.15) is 0 Å². The van der Waals surface area contributed by atoms with Crippen LogP contribution in [-0.4, -0.2) is 49.6 Å². The first kappa shape index (κ1) is 18.6. The smallest absolute Gasteiger partial charge is 0.293 e. The molecule has 0 radical (unpaired) electrons. The number of carbonyl (C=O) groups is 1. The van der Waals surface area contributed by atoms with E-state index < -0.39 is 0 Å². The summed E-state index contributed by atoms with van der Waals surface area (Å²) >= 11 is 0. The highest BCUT2D eigenvalue weighted by Crippen LogP contribution is 2.31. The summed E-state index contributed by atoms with van der Waals surface area (Å²) in [5.74, 6) is -0.222. The van der Waals surface area contributed by atoms with Gasteiger partial charge in [-0.05, 0) is 38.3 Å². The van der Waals surface area contributed by atoms with Crippen LogP contribution in [0.5, 0.6) is 0 Å². The number of benzene rings is 1. The van der Waals surface area contributed by atoms with E-state index in [9.17, 15) is 14.9 Å². The number of nitrogens with zero attached hydrogens (tertiary/aromatic N) is 2. The predicted molar refractivity (Wildman–Crippen MR) is 101 cm³/mol. The van der Waals surface area contributed by atoms with Gasteiger partial charge in [-0.3, -0.25) is 14.9 Å². The van der Waals surface area contributed by atoms with Crippen molar-refractivity contribution in [2.75, 3.05) is 37.6 Å². The molecule has 2 aliphatic heterocycles. The molecular formula is C19H29N4O3+. The Hall–Kier alpha value is -2.15. The van der Waals surface area contributed by atoms with Crippen molar-refractivity contribution in [1.29, 1.82) is 0 Å². The van der Waals surface area contributed by atoms with E-state index in [1.165, 1.54) is 23.8 Å². The van der Waals surface area contributed by atoms with Crippen LogP contribution < -0.4 is 15.1 Å². The second kappa shape index (κ2) is 8.49. The van der Waals surface area contributed by atoms with E-state index in [2.05, 4.69) is 17.1 Å². The van der Waals surface area contributed by atoms with Gasteiger partial charge >= 0.3 is 0 Å². The van der Waals surface area contributed by atoms with Crippen LogP contribution in [0, 0.1) is 10.1 Å². The number of nitrogens with one attached hydrogen (secondary N) is 2. The molecule has 0 aromatic heterocycles. The maximum atomic E-state index is 12.5. The summed E-state index contributed by atoms with van der Waals surface area (Å²) in [6.07, 6.45) is 5.59. The fourth-order valence-corrected chi connectivity index (χ4v) is 4.23. The largest absolute Gasteiger partial charge is 0.366 e. The van der Waals surface area contributed by atoms with Crippen LogP contribution >= 0.6 is 0 Å². The molecule has 1 aromatic rings. The van der Waals surface area contributed by atoms with E-state index in [0.717, 1.165) is 45.4 Å². The lowest BCUT2D eigenvalue weighted by Gasteiger charge is -2.28. The Labute approximate surface area is 154 Å². The Bertz CT molecular complexity index is 658. The summed E-state index contributed by atoms with van der Waals surface area (Å²) < 4.78 is 0. The van der Waals surface area contributed by atoms with Gasteiger partial charge in [0.1, 0.15) is 11.7 Å². The molecule has 0 aliphatic carbocycles. The van der Waals surface area contributed by atoms with E-state index >= 15 is 0 Å². The van der Waals surface area contributed by atoms with Crippen LogP contribution in [0.1, 0.15) is 49.4 Å². The van der Waals surface area contributed by atoms with Gasteiger partial charge in [0.05, 0.1) is 24.6 Å². The zero-order chi connectivity index (χ0) is 18.5. The third-order valence-corrected chi connectivity index (χ3v) is 5.72. The van der Waals surface area contributed by atoms with Crippen LogP contribution in [0.2, 0.25) is 0 Å². The highest BCUT2D eigenvalue weighted by molar-refractivity contribution is 5.95. The molecule has 142 valence electrons. The van der Waals surface area contributed by atoms with Crippen LogP contribution in [0.4, 0.5) is 11.4 Å². The summed E-state index contributed by atoms with van der Waals surface area (Å²) in [7, 11) is 0. The van der Waals surface area contributed by atoms with Crippen molar-refractivity contribution >= 4 is 17.3 Å². The van der Waals surface area contributed by atoms with E-state index in [1.54, 1.807) is 12.1 Å². The predicted octanol–water partition coefficient (Wildman–Crippen LogP) is 1.38. The SMILES string of the molecule is CC[NH+]1CCC[C@@H]1CNC(=O)c1ccc(N2CCCCC2)c([N+](=O)[O-])c1. The number of rotatable bonds is 6. The lowest BCUT2D eigenvalue weighted by molar-refractivity contribution is -0.909. The van der Waals surface area contributed by atoms with E-state index in [0.29, 0.717) is 23.8 Å². The number of nitro benzene ring substituents is 1. The molecule has 0 bridgehead atoms. The Balaban J connectivity index is 1.70. The van der Waals surface area contributed by atoms with Crippen LogP contribution in [0.3, 0.4) is 0 Å². The second-order valence-electron chi connectivity index (χ2n) is 7.32. The fourth-order valence-electron chi connectivity index (χ4n) is 4.23. The Morgan fingerprint density at radius 1 is 1.31 bits per heavy atom. The molecule has 1 unspecified atom stereocenters. The van der Waals surface area contributed by atoms with Gasteiger partial charge in [-0.25, -0.2) is 0 Å². The topological polar surface area (TPSA) is 79.9 Å². The number of amides is 1. The Kier molecular flexibility index (Phi) is 6.08. The first-order valence-corrected chi connectivity index (χ1v) is 9.76. The number of nitro groups is 1. The lowest BCUT2D eigenvalue weighted by Crippen LogP contribution is -3.14. The third kappa shape index (κ3) is 4.15. The minimum atomic E-state index is -0.374. The second-order valence-corrected chi connectivity index (χ2v) is 7.32. The first-order valence-electron chi connectivity index (χ1n) is 9.76. The normalized spacial score (nSPS) is 23.0. The van der Waals surface area contributed by atoms with Gasteiger partial charge in [0.2, 0.25) is 0 Å². The average molecular weight is 361 g/mol. The standard InChI is InChI=1S/C19H28N4O3/c1-2-21-12-6-7-16(21)14-20-19(24)15-8-9-17(18(13-15)23(25)26)22-10-4-3-5-11-22/h8-9,13,16H,2-7,10-12,14H2,1H3,(H,20,24)/p+1/t16-/m1/s1. The number of piperidine rings is 1. The molecule has 0 saturated carbocycles. The number of likely N-dealkylation sites (tertiary alicyclic amines) is 1. The molecule has 2 atom stereocenters. The van der Waals surface area contributed by atoms with Gasteiger partial charge < -0.3 is 15.1 Å². The van der Waals surface area contributed by atoms with E-state index in [1.807, 2.05) is 0 Å². The zero-order valence-electron chi connectivity index (χ0n) is 15.5. The Morgan fingerprint density at radius 2 is 2.08 bits per heavy atom. The first-order chi connectivity index (χ1) is 12.6. The van der Waals surface area contributed by atoms with Crippen LogP contribution in [-0.2, 0) is 0 Å². The monoisotopic (exact) mass is 361 g/mol. The van der Waals surface area contributed by atoms with Crippen molar-refractivity contribution in [2.24, 2.45) is 0 Å². The number of anilines is 1. The van der Waals surface area contributed by atoms with Crippen LogP contribution in [0.15, 0.2) is 18.2 Å². The molecule has 7 heteroatoms. The molecule has 2 aliphatic rings. The molecule has 2 N–H and O–H groups in total. The summed E-state index contributed by atoms with van der Waals surface area (Å²) in [6.45, 7) is 6.69. The van der Waals surface area contributed by atoms with Gasteiger partial charge in [0.15, 0.2) is 0 Å². The van der Waals surface area contributed by atoms with Crippen molar-refractivity contribution in [3.05, 3.63) is 33.9 Å². The van der Waals surface area contributed by atoms with Gasteiger partial charge in [-0.15, -0.1) is 0 Å². The number of carbonyl (C=O) groups excluding carboxylic acids is 1. The van der Waals surface area contributed by atoms with Crippen molar-refractivity contribution < 1.29 is 14.6 Å². The molecule has 0 spiro atoms. The lowest BCUT2D eigenvalue weighted by atomic mass is 10.1. The minimum Gasteiger partial charge on any atom is -0.366 e. The maximum Gasteiger partial charge on any atom is 0.293 e. The highest BCUT2D eigenvalue weighted by atomic mass is 16.6. The summed E-state index contributed by atoms with van der Waals surface area (Å²) in [4.78, 5) is 27.2. The number of likely N-dealkylation sites (N-methyl/N-ethyl adjacent to an activating group) is 1. The molecule has 1 aromatic carbocycles. The molecule has 1 amide bonds. The zero-order valence-corrected chi connectivity index (χ0v) is 15.5. The van der Waals surface area contributed by atoms with E-state index in [-0.39, 0.29) is 16.5 Å². The van der Waals surface area contributed by atoms with E-state index in [4.69, 9.17) is 0 Å². The number of hydrogen-bond donors (Lipinski definition) is 2. The number of hydrogen-bond acceptors (Lipinski definition) is 4. The van der Waals surface area contributed by atoms with Crippen molar-refractivity contribution in [1.82, 2.24) is 5.32 Å². The molecule has 26 heavy (non-hydrogen) atoms. The summed E-state index contributed by atoms with van der Waals surface area (Å²) in [5.41, 5.74) is 1.03. The van der Waals surface area contributed by atoms with Crippen molar-refractivity contribution in [3.63, 3.8) is 0 Å². The summed E-state index contributed by atoms with van der Waals surface area (Å²) in [5, 5.41) is 14.5. The van der Waals surface area contributed by atoms with Crippen LogP contribution in [0.25, 0.3) is 0 Å². The molecule has 2 saturated heterocycles. The molecule has 7 nitrogen and oxygen atoms in total. The average Bonchev–Trinajstić information content (AvgIpc) is 3.14. The van der Waals surface area contributed by atoms with Gasteiger partial charge in [-0.1, -0.05) is 0 Å². The Morgan fingerprint density at radius 3 is 2.77 bits per heavy atom. The maximum absolute atomic E-state index is 12.5. The van der Waals surface area contributed by atoms with Crippen molar-refractivity contribution in [3.8, 4) is 0 Å². The molecule has 2 heterocycles. The highest BCUT2D eigenvalue weighted by Gasteiger charge is 2.28. The molecule has 3 rings (SSSR count). The van der Waals surface area contributed by atoms with Gasteiger partial charge in [0, 0.05) is 37.6 Å². The van der Waals surface area contributed by atoms with Gasteiger partial charge in [0.25, 0.3) is 11.6 Å². The minimum absolute atomic E-state index is 0.0289. The third-order valence-electron chi connectivity index (χ3n) is 5.72. The molecule has 2 fully saturated rings. The summed E-state index contributed by atoms with van der Waals surface area (Å²) in [6, 6.07) is 5.33. The number of quaternary nitrogens is 1. The fraction of sp³-hybridized carbons (Fsp3) is 0.632.